The van der Waals surface area contributed by atoms with Crippen LogP contribution in [0, 0.1) is 5.92 Å². The van der Waals surface area contributed by atoms with Gasteiger partial charge in [-0.1, -0.05) is 71.5 Å². The van der Waals surface area contributed by atoms with Crippen molar-refractivity contribution in [3.63, 3.8) is 0 Å². The first-order chi connectivity index (χ1) is 11.1. The van der Waals surface area contributed by atoms with Gasteiger partial charge >= 0.3 is 0 Å². The van der Waals surface area contributed by atoms with Gasteiger partial charge in [0.1, 0.15) is 0 Å². The van der Waals surface area contributed by atoms with Crippen molar-refractivity contribution in [3.05, 3.63) is 78.3 Å². The first-order valence-electron chi connectivity index (χ1n) is 7.69. The standard InChI is InChI=1S/C19H22BClNS/c1-4-16-6-5-7-18(12-16)13-17-8-10-19(11-9-17)20-15(2)14-22(21)23-3/h4-5,7-12,16H,1-2,6,13-14H2,3H3. The molecule has 0 fully saturated rings. The van der Waals surface area contributed by atoms with Crippen LogP contribution in [-0.4, -0.2) is 23.9 Å². The van der Waals surface area contributed by atoms with Gasteiger partial charge in [-0.2, -0.15) is 3.82 Å². The highest BCUT2D eigenvalue weighted by Gasteiger charge is 2.08. The minimum absolute atomic E-state index is 0.473. The van der Waals surface area contributed by atoms with E-state index in [-0.39, 0.29) is 0 Å². The highest BCUT2D eigenvalue weighted by molar-refractivity contribution is 7.97. The zero-order valence-electron chi connectivity index (χ0n) is 13.5. The molecular weight excluding hydrogens is 321 g/mol. The number of rotatable bonds is 8. The molecular formula is C19H22BClNS. The van der Waals surface area contributed by atoms with Crippen molar-refractivity contribution in [1.82, 2.24) is 3.82 Å². The van der Waals surface area contributed by atoms with E-state index in [1.54, 1.807) is 3.82 Å². The van der Waals surface area contributed by atoms with E-state index in [2.05, 4.69) is 62.9 Å². The second-order valence-electron chi connectivity index (χ2n) is 5.66. The Morgan fingerprint density at radius 1 is 1.43 bits per heavy atom. The van der Waals surface area contributed by atoms with Crippen LogP contribution in [0.1, 0.15) is 12.0 Å². The Kier molecular flexibility index (Phi) is 7.29. The summed E-state index contributed by atoms with van der Waals surface area (Å²) >= 11 is 7.47. The predicted octanol–water partition coefficient (Wildman–Crippen LogP) is 4.49. The van der Waals surface area contributed by atoms with Crippen molar-refractivity contribution < 1.29 is 0 Å². The molecule has 2 rings (SSSR count). The zero-order chi connectivity index (χ0) is 16.7. The Bertz CT molecular complexity index is 606. The van der Waals surface area contributed by atoms with Gasteiger partial charge < -0.3 is 0 Å². The predicted molar refractivity (Wildman–Crippen MR) is 106 cm³/mol. The molecule has 4 heteroatoms. The lowest BCUT2D eigenvalue weighted by atomic mass is 9.64. The molecule has 1 atom stereocenters. The van der Waals surface area contributed by atoms with Gasteiger partial charge in [0.2, 0.25) is 0 Å². The molecule has 0 aromatic heterocycles. The Morgan fingerprint density at radius 3 is 2.83 bits per heavy atom. The Hall–Kier alpha value is -1.16. The number of hydrogen-bond acceptors (Lipinski definition) is 2. The number of nitrogens with zero attached hydrogens (tertiary/aromatic N) is 1. The minimum atomic E-state index is 0.473. The molecule has 1 radical (unpaired) electrons. The summed E-state index contributed by atoms with van der Waals surface area (Å²) in [5, 5.41) is 0. The number of hydrogen-bond donors (Lipinski definition) is 0. The van der Waals surface area contributed by atoms with Crippen molar-refractivity contribution in [2.75, 3.05) is 12.8 Å². The largest absolute Gasteiger partial charge is 0.186 e. The van der Waals surface area contributed by atoms with Crippen LogP contribution in [-0.2, 0) is 6.42 Å². The molecule has 0 aliphatic heterocycles. The molecule has 1 aromatic carbocycles. The number of allylic oxidation sites excluding steroid dienone is 5. The van der Waals surface area contributed by atoms with Crippen LogP contribution in [0.25, 0.3) is 0 Å². The molecule has 0 amide bonds. The highest BCUT2D eigenvalue weighted by Crippen LogP contribution is 2.20. The fourth-order valence-corrected chi connectivity index (χ4v) is 2.98. The first kappa shape index (κ1) is 18.2. The maximum absolute atomic E-state index is 5.98. The van der Waals surface area contributed by atoms with E-state index in [4.69, 9.17) is 11.8 Å². The van der Waals surface area contributed by atoms with E-state index < -0.39 is 0 Å². The maximum atomic E-state index is 5.98. The van der Waals surface area contributed by atoms with Crippen molar-refractivity contribution in [2.45, 2.75) is 12.8 Å². The van der Waals surface area contributed by atoms with Crippen LogP contribution >= 0.6 is 23.7 Å². The van der Waals surface area contributed by atoms with Gasteiger partial charge in [0.25, 0.3) is 0 Å². The molecule has 0 spiro atoms. The van der Waals surface area contributed by atoms with Gasteiger partial charge in [0.15, 0.2) is 7.28 Å². The van der Waals surface area contributed by atoms with Gasteiger partial charge in [-0.25, -0.2) is 0 Å². The SMILES string of the molecule is C=CC1C=C(Cc2ccc([B]C(=C)CN(Cl)SC)cc2)C=CC1. The molecule has 1 aliphatic rings. The van der Waals surface area contributed by atoms with Crippen LogP contribution < -0.4 is 5.46 Å². The van der Waals surface area contributed by atoms with Crippen LogP contribution in [0.3, 0.4) is 0 Å². The topological polar surface area (TPSA) is 3.24 Å². The first-order valence-corrected chi connectivity index (χ1v) is 9.21. The molecule has 1 aliphatic carbocycles. The summed E-state index contributed by atoms with van der Waals surface area (Å²) < 4.78 is 1.64. The third kappa shape index (κ3) is 6.10. The molecule has 119 valence electrons. The fraction of sp³-hybridized carbons (Fsp3) is 0.263. The normalized spacial score (nSPS) is 17.0. The van der Waals surface area contributed by atoms with Crippen LogP contribution in [0.5, 0.6) is 0 Å². The lowest BCUT2D eigenvalue weighted by molar-refractivity contribution is 0.808. The van der Waals surface area contributed by atoms with E-state index in [1.807, 2.05) is 12.3 Å². The summed E-state index contributed by atoms with van der Waals surface area (Å²) in [6, 6.07) is 8.63. The Morgan fingerprint density at radius 2 is 2.17 bits per heavy atom. The van der Waals surface area contributed by atoms with Crippen molar-refractivity contribution in [2.24, 2.45) is 5.92 Å². The maximum Gasteiger partial charge on any atom is 0.186 e. The summed E-state index contributed by atoms with van der Waals surface area (Å²) in [6.07, 6.45) is 12.8. The minimum Gasteiger partial charge on any atom is -0.160 e. The summed E-state index contributed by atoms with van der Waals surface area (Å²) in [7, 11) is 2.07. The van der Waals surface area contributed by atoms with Gasteiger partial charge in [0, 0.05) is 6.54 Å². The summed E-state index contributed by atoms with van der Waals surface area (Å²) in [5.41, 5.74) is 4.83. The van der Waals surface area contributed by atoms with Crippen molar-refractivity contribution >= 4 is 36.5 Å². The molecule has 0 N–H and O–H groups in total. The average molecular weight is 343 g/mol. The van der Waals surface area contributed by atoms with E-state index in [0.29, 0.717) is 12.5 Å². The second-order valence-corrected chi connectivity index (χ2v) is 7.07. The third-order valence-corrected chi connectivity index (χ3v) is 4.81. The Labute approximate surface area is 150 Å². The number of benzene rings is 1. The Balaban J connectivity index is 1.92. The summed E-state index contributed by atoms with van der Waals surface area (Å²) in [4.78, 5) is 0. The van der Waals surface area contributed by atoms with Crippen LogP contribution in [0.15, 0.2) is 72.8 Å². The van der Waals surface area contributed by atoms with Crippen LogP contribution in [0.2, 0.25) is 0 Å². The molecule has 1 aromatic rings. The fourth-order valence-electron chi connectivity index (χ4n) is 2.53. The molecule has 1 unspecified atom stereocenters. The molecule has 23 heavy (non-hydrogen) atoms. The van der Waals surface area contributed by atoms with E-state index >= 15 is 0 Å². The molecule has 0 bridgehead atoms. The van der Waals surface area contributed by atoms with Crippen molar-refractivity contribution in [3.8, 4) is 0 Å². The highest BCUT2D eigenvalue weighted by atomic mass is 35.5. The average Bonchev–Trinajstić information content (AvgIpc) is 2.56. The van der Waals surface area contributed by atoms with E-state index in [1.165, 1.54) is 23.1 Å². The van der Waals surface area contributed by atoms with Gasteiger partial charge in [-0.15, -0.1) is 13.2 Å². The number of halogens is 1. The third-order valence-electron chi connectivity index (χ3n) is 3.76. The van der Waals surface area contributed by atoms with Crippen LogP contribution in [0.4, 0.5) is 0 Å². The van der Waals surface area contributed by atoms with E-state index in [0.717, 1.165) is 23.8 Å². The van der Waals surface area contributed by atoms with E-state index in [9.17, 15) is 0 Å². The molecule has 1 nitrogen and oxygen atoms in total. The lowest BCUT2D eigenvalue weighted by Crippen LogP contribution is -2.21. The van der Waals surface area contributed by atoms with Crippen molar-refractivity contribution in [1.29, 1.82) is 0 Å². The summed E-state index contributed by atoms with van der Waals surface area (Å²) in [5.74, 6) is 0.473. The lowest BCUT2D eigenvalue weighted by Gasteiger charge is -2.14. The summed E-state index contributed by atoms with van der Waals surface area (Å²) in [6.45, 7) is 8.58. The van der Waals surface area contributed by atoms with Gasteiger partial charge in [0.05, 0.1) is 0 Å². The zero-order valence-corrected chi connectivity index (χ0v) is 15.1. The quantitative estimate of drug-likeness (QED) is 0.296. The molecule has 0 saturated heterocycles. The molecule has 0 heterocycles. The van der Waals surface area contributed by atoms with Gasteiger partial charge in [-0.3, -0.25) is 0 Å². The monoisotopic (exact) mass is 342 g/mol. The molecule has 0 saturated carbocycles. The smallest absolute Gasteiger partial charge is 0.160 e. The van der Waals surface area contributed by atoms with Gasteiger partial charge in [-0.05, 0) is 47.9 Å². The second kappa shape index (κ2) is 9.22.